The molecular weight excluding hydrogens is 340 g/mol. The standard InChI is InChI=1S/C15H21F2N3O3S/c1-3-10(2)19-24(22,23)20-7-6-11(9-20)15(21)18-12-4-5-13(16)14(17)8-12/h4-5,8,10-11,19H,3,6-7,9H2,1-2H3,(H,18,21)/t10-,11+/m1/s1. The lowest BCUT2D eigenvalue weighted by molar-refractivity contribution is -0.119. The van der Waals surface area contributed by atoms with Gasteiger partial charge in [-0.2, -0.15) is 17.4 Å². The largest absolute Gasteiger partial charge is 0.326 e. The molecule has 1 amide bonds. The Balaban J connectivity index is 1.97. The lowest BCUT2D eigenvalue weighted by Gasteiger charge is -2.20. The molecular formula is C15H21F2N3O3S. The summed E-state index contributed by atoms with van der Waals surface area (Å²) >= 11 is 0. The van der Waals surface area contributed by atoms with Gasteiger partial charge in [0, 0.05) is 30.9 Å². The first-order chi connectivity index (χ1) is 11.2. The van der Waals surface area contributed by atoms with Crippen molar-refractivity contribution in [2.45, 2.75) is 32.7 Å². The van der Waals surface area contributed by atoms with E-state index >= 15 is 0 Å². The van der Waals surface area contributed by atoms with Crippen LogP contribution < -0.4 is 10.0 Å². The van der Waals surface area contributed by atoms with E-state index in [1.54, 1.807) is 6.92 Å². The van der Waals surface area contributed by atoms with Gasteiger partial charge in [0.2, 0.25) is 5.91 Å². The van der Waals surface area contributed by atoms with Gasteiger partial charge in [0.05, 0.1) is 5.92 Å². The molecule has 0 saturated carbocycles. The Morgan fingerprint density at radius 1 is 1.38 bits per heavy atom. The quantitative estimate of drug-likeness (QED) is 0.812. The lowest BCUT2D eigenvalue weighted by Crippen LogP contribution is -2.43. The van der Waals surface area contributed by atoms with Crippen molar-refractivity contribution in [1.29, 1.82) is 0 Å². The van der Waals surface area contributed by atoms with E-state index in [2.05, 4.69) is 10.0 Å². The van der Waals surface area contributed by atoms with Crippen LogP contribution in [0.25, 0.3) is 0 Å². The molecule has 6 nitrogen and oxygen atoms in total. The zero-order valence-electron chi connectivity index (χ0n) is 13.6. The van der Waals surface area contributed by atoms with Crippen molar-refractivity contribution in [2.24, 2.45) is 5.92 Å². The third-order valence-corrected chi connectivity index (χ3v) is 5.72. The van der Waals surface area contributed by atoms with Crippen molar-refractivity contribution in [1.82, 2.24) is 9.03 Å². The van der Waals surface area contributed by atoms with Crippen molar-refractivity contribution in [3.05, 3.63) is 29.8 Å². The minimum absolute atomic E-state index is 0.0568. The number of benzene rings is 1. The average molecular weight is 361 g/mol. The van der Waals surface area contributed by atoms with Crippen molar-refractivity contribution in [3.63, 3.8) is 0 Å². The number of amides is 1. The van der Waals surface area contributed by atoms with Crippen LogP contribution in [0, 0.1) is 17.6 Å². The third kappa shape index (κ3) is 4.49. The molecule has 1 saturated heterocycles. The van der Waals surface area contributed by atoms with E-state index in [0.717, 1.165) is 12.1 Å². The second-order valence-corrected chi connectivity index (χ2v) is 7.60. The van der Waals surface area contributed by atoms with E-state index in [-0.39, 0.29) is 24.8 Å². The summed E-state index contributed by atoms with van der Waals surface area (Å²) in [6.07, 6.45) is 1.03. The van der Waals surface area contributed by atoms with E-state index < -0.39 is 33.7 Å². The van der Waals surface area contributed by atoms with Crippen LogP contribution in [-0.2, 0) is 15.0 Å². The lowest BCUT2D eigenvalue weighted by atomic mass is 10.1. The van der Waals surface area contributed by atoms with Gasteiger partial charge in [-0.3, -0.25) is 4.79 Å². The van der Waals surface area contributed by atoms with Crippen LogP contribution in [0.5, 0.6) is 0 Å². The minimum Gasteiger partial charge on any atom is -0.326 e. The molecule has 2 N–H and O–H groups in total. The number of nitrogens with one attached hydrogen (secondary N) is 2. The van der Waals surface area contributed by atoms with E-state index in [0.29, 0.717) is 12.8 Å². The number of rotatable bonds is 6. The Morgan fingerprint density at radius 3 is 2.71 bits per heavy atom. The molecule has 0 radical (unpaired) electrons. The van der Waals surface area contributed by atoms with E-state index in [4.69, 9.17) is 0 Å². The summed E-state index contributed by atoms with van der Waals surface area (Å²) in [4.78, 5) is 12.2. The molecule has 9 heteroatoms. The molecule has 134 valence electrons. The van der Waals surface area contributed by atoms with Crippen molar-refractivity contribution >= 4 is 21.8 Å². The summed E-state index contributed by atoms with van der Waals surface area (Å²) in [6.45, 7) is 3.93. The second-order valence-electron chi connectivity index (χ2n) is 5.89. The summed E-state index contributed by atoms with van der Waals surface area (Å²) in [5.74, 6) is -3.00. The van der Waals surface area contributed by atoms with Gasteiger partial charge in [0.15, 0.2) is 11.6 Å². The molecule has 0 spiro atoms. The van der Waals surface area contributed by atoms with Crippen LogP contribution in [0.2, 0.25) is 0 Å². The predicted octanol–water partition coefficient (Wildman–Crippen LogP) is 1.86. The van der Waals surface area contributed by atoms with Crippen molar-refractivity contribution < 1.29 is 22.0 Å². The monoisotopic (exact) mass is 361 g/mol. The number of nitrogens with zero attached hydrogens (tertiary/aromatic N) is 1. The highest BCUT2D eigenvalue weighted by Crippen LogP contribution is 2.21. The first-order valence-corrected chi connectivity index (χ1v) is 9.20. The molecule has 24 heavy (non-hydrogen) atoms. The van der Waals surface area contributed by atoms with Crippen molar-refractivity contribution in [2.75, 3.05) is 18.4 Å². The molecule has 0 unspecified atom stereocenters. The van der Waals surface area contributed by atoms with Gasteiger partial charge in [-0.25, -0.2) is 8.78 Å². The van der Waals surface area contributed by atoms with E-state index in [9.17, 15) is 22.0 Å². The second kappa shape index (κ2) is 7.54. The molecule has 1 heterocycles. The fourth-order valence-electron chi connectivity index (χ4n) is 2.39. The highest BCUT2D eigenvalue weighted by atomic mass is 32.2. The number of carbonyl (C=O) groups excluding carboxylic acids is 1. The van der Waals surface area contributed by atoms with E-state index in [1.807, 2.05) is 6.92 Å². The Kier molecular flexibility index (Phi) is 5.89. The Bertz CT molecular complexity index is 712. The predicted molar refractivity (Wildman–Crippen MR) is 86.5 cm³/mol. The number of anilines is 1. The maximum atomic E-state index is 13.2. The van der Waals surface area contributed by atoms with Gasteiger partial charge in [-0.1, -0.05) is 6.92 Å². The first kappa shape index (κ1) is 18.8. The van der Waals surface area contributed by atoms with Gasteiger partial charge >= 0.3 is 0 Å². The summed E-state index contributed by atoms with van der Waals surface area (Å²) in [7, 11) is -3.63. The Hall–Kier alpha value is -1.58. The summed E-state index contributed by atoms with van der Waals surface area (Å²) in [5.41, 5.74) is 0.137. The van der Waals surface area contributed by atoms with E-state index in [1.165, 1.54) is 10.4 Å². The maximum absolute atomic E-state index is 13.2. The van der Waals surface area contributed by atoms with Crippen LogP contribution in [0.15, 0.2) is 18.2 Å². The Labute approximate surface area is 140 Å². The third-order valence-electron chi connectivity index (χ3n) is 4.01. The van der Waals surface area contributed by atoms with Crippen LogP contribution in [0.3, 0.4) is 0 Å². The molecule has 1 fully saturated rings. The molecule has 1 aliphatic heterocycles. The van der Waals surface area contributed by atoms with Gasteiger partial charge < -0.3 is 5.32 Å². The summed E-state index contributed by atoms with van der Waals surface area (Å²) in [6, 6.07) is 2.88. The fraction of sp³-hybridized carbons (Fsp3) is 0.533. The molecule has 2 atom stereocenters. The molecule has 1 aromatic rings. The SMILES string of the molecule is CC[C@@H](C)NS(=O)(=O)N1CC[C@H](C(=O)Nc2ccc(F)c(F)c2)C1. The Morgan fingerprint density at radius 2 is 2.08 bits per heavy atom. The zero-order chi connectivity index (χ0) is 17.9. The molecule has 0 aromatic heterocycles. The van der Waals surface area contributed by atoms with Crippen LogP contribution in [-0.4, -0.2) is 37.8 Å². The van der Waals surface area contributed by atoms with Gasteiger partial charge in [0.25, 0.3) is 10.2 Å². The number of hydrogen-bond acceptors (Lipinski definition) is 3. The number of hydrogen-bond donors (Lipinski definition) is 2. The minimum atomic E-state index is -3.63. The fourth-order valence-corrected chi connectivity index (χ4v) is 3.94. The van der Waals surface area contributed by atoms with Crippen LogP contribution in [0.4, 0.5) is 14.5 Å². The molecule has 1 aromatic carbocycles. The highest BCUT2D eigenvalue weighted by molar-refractivity contribution is 7.87. The molecule has 0 bridgehead atoms. The maximum Gasteiger partial charge on any atom is 0.279 e. The van der Waals surface area contributed by atoms with Crippen LogP contribution >= 0.6 is 0 Å². The number of carbonyl (C=O) groups is 1. The zero-order valence-corrected chi connectivity index (χ0v) is 14.4. The smallest absolute Gasteiger partial charge is 0.279 e. The summed E-state index contributed by atoms with van der Waals surface area (Å²) in [5, 5.41) is 2.49. The normalized spacial score (nSPS) is 20.1. The summed E-state index contributed by atoms with van der Waals surface area (Å²) < 4.78 is 54.2. The van der Waals surface area contributed by atoms with Crippen LogP contribution in [0.1, 0.15) is 26.7 Å². The van der Waals surface area contributed by atoms with Gasteiger partial charge in [-0.15, -0.1) is 0 Å². The average Bonchev–Trinajstić information content (AvgIpc) is 3.01. The molecule has 0 aliphatic carbocycles. The van der Waals surface area contributed by atoms with Gasteiger partial charge in [-0.05, 0) is 31.9 Å². The van der Waals surface area contributed by atoms with Gasteiger partial charge in [0.1, 0.15) is 0 Å². The topological polar surface area (TPSA) is 78.5 Å². The molecule has 1 aliphatic rings. The number of halogens is 2. The van der Waals surface area contributed by atoms with Crippen molar-refractivity contribution in [3.8, 4) is 0 Å². The highest BCUT2D eigenvalue weighted by Gasteiger charge is 2.35. The first-order valence-electron chi connectivity index (χ1n) is 7.76. The molecule has 2 rings (SSSR count).